The molecule has 2 fully saturated rings. The number of piperidine rings is 1. The van der Waals surface area contributed by atoms with Crippen LogP contribution in [-0.2, 0) is 6.54 Å². The first-order chi connectivity index (χ1) is 11.2. The zero-order valence-electron chi connectivity index (χ0n) is 14.4. The number of nitrogens with two attached hydrogens (primary N) is 1. The van der Waals surface area contributed by atoms with Gasteiger partial charge in [-0.05, 0) is 62.4 Å². The molecule has 0 spiro atoms. The Morgan fingerprint density at radius 1 is 1.21 bits per heavy atom. The Morgan fingerprint density at radius 3 is 2.46 bits per heavy atom. The first-order valence-electron chi connectivity index (χ1n) is 8.64. The van der Waals surface area contributed by atoms with Gasteiger partial charge in [0.2, 0.25) is 0 Å². The number of rotatable bonds is 6. The molecule has 1 aromatic rings. The van der Waals surface area contributed by atoms with Crippen molar-refractivity contribution in [1.82, 2.24) is 10.2 Å². The molecule has 0 radical (unpaired) electrons. The molecule has 1 aliphatic carbocycles. The fourth-order valence-corrected chi connectivity index (χ4v) is 3.03. The van der Waals surface area contributed by atoms with Gasteiger partial charge in [-0.2, -0.15) is 0 Å². The van der Waals surface area contributed by atoms with Crippen molar-refractivity contribution in [3.8, 4) is 5.75 Å². The maximum absolute atomic E-state index is 5.90. The second-order valence-electron chi connectivity index (χ2n) is 6.71. The van der Waals surface area contributed by atoms with Crippen molar-refractivity contribution >= 4 is 29.9 Å². The smallest absolute Gasteiger partial charge is 0.188 e. The van der Waals surface area contributed by atoms with E-state index in [-0.39, 0.29) is 24.0 Å². The lowest BCUT2D eigenvalue weighted by Crippen LogP contribution is -2.36. The molecule has 2 aliphatic rings. The fourth-order valence-electron chi connectivity index (χ4n) is 3.03. The van der Waals surface area contributed by atoms with E-state index >= 15 is 0 Å². The van der Waals surface area contributed by atoms with Crippen LogP contribution >= 0.6 is 24.0 Å². The average Bonchev–Trinajstić information content (AvgIpc) is 3.39. The van der Waals surface area contributed by atoms with E-state index in [0.29, 0.717) is 17.9 Å². The Bertz CT molecular complexity index is 522. The summed E-state index contributed by atoms with van der Waals surface area (Å²) in [6.07, 6.45) is 4.88. The predicted octanol–water partition coefficient (Wildman–Crippen LogP) is 2.59. The zero-order chi connectivity index (χ0) is 16.1. The number of likely N-dealkylation sites (tertiary alicyclic amines) is 1. The van der Waals surface area contributed by atoms with Crippen LogP contribution in [0, 0.1) is 5.92 Å². The number of nitrogens with zero attached hydrogens (tertiary/aromatic N) is 2. The summed E-state index contributed by atoms with van der Waals surface area (Å²) < 4.78 is 5.21. The zero-order valence-corrected chi connectivity index (χ0v) is 16.7. The van der Waals surface area contributed by atoms with E-state index in [1.54, 1.807) is 7.11 Å². The van der Waals surface area contributed by atoms with Crippen LogP contribution in [0.25, 0.3) is 0 Å². The molecule has 3 N–H and O–H groups in total. The van der Waals surface area contributed by atoms with Crippen LogP contribution in [0.15, 0.2) is 29.3 Å². The molecule has 0 unspecified atom stereocenters. The summed E-state index contributed by atoms with van der Waals surface area (Å²) in [5, 5.41) is 3.25. The predicted molar refractivity (Wildman–Crippen MR) is 109 cm³/mol. The van der Waals surface area contributed by atoms with Crippen molar-refractivity contribution in [2.75, 3.05) is 26.7 Å². The number of ether oxygens (including phenoxy) is 1. The van der Waals surface area contributed by atoms with E-state index in [1.165, 1.54) is 31.2 Å². The van der Waals surface area contributed by atoms with Crippen molar-refractivity contribution in [3.05, 3.63) is 29.8 Å². The highest BCUT2D eigenvalue weighted by molar-refractivity contribution is 14.0. The number of nitrogens with one attached hydrogen (secondary N) is 1. The van der Waals surface area contributed by atoms with Gasteiger partial charge < -0.3 is 15.8 Å². The maximum Gasteiger partial charge on any atom is 0.188 e. The summed E-state index contributed by atoms with van der Waals surface area (Å²) in [7, 11) is 1.70. The molecule has 24 heavy (non-hydrogen) atoms. The lowest BCUT2D eigenvalue weighted by molar-refractivity contribution is 0.180. The lowest BCUT2D eigenvalue weighted by atomic mass is 9.96. The third-order valence-corrected chi connectivity index (χ3v) is 4.72. The van der Waals surface area contributed by atoms with Crippen molar-refractivity contribution in [2.24, 2.45) is 16.6 Å². The summed E-state index contributed by atoms with van der Waals surface area (Å²) in [5.41, 5.74) is 7.25. The minimum absolute atomic E-state index is 0. The van der Waals surface area contributed by atoms with Gasteiger partial charge in [-0.1, -0.05) is 12.1 Å². The van der Waals surface area contributed by atoms with Gasteiger partial charge in [0, 0.05) is 19.1 Å². The molecule has 0 amide bonds. The molecular weight excluding hydrogens is 415 g/mol. The third kappa shape index (κ3) is 6.12. The molecule has 5 nitrogen and oxygen atoms in total. The molecule has 0 bridgehead atoms. The van der Waals surface area contributed by atoms with Gasteiger partial charge in [0.1, 0.15) is 5.75 Å². The van der Waals surface area contributed by atoms with Crippen LogP contribution in [0.2, 0.25) is 0 Å². The van der Waals surface area contributed by atoms with Crippen LogP contribution in [0.3, 0.4) is 0 Å². The minimum atomic E-state index is 0. The Balaban J connectivity index is 0.00000208. The third-order valence-electron chi connectivity index (χ3n) is 4.72. The van der Waals surface area contributed by atoms with Gasteiger partial charge >= 0.3 is 0 Å². The van der Waals surface area contributed by atoms with E-state index in [9.17, 15) is 0 Å². The molecule has 0 atom stereocenters. The number of methoxy groups -OCH3 is 1. The summed E-state index contributed by atoms with van der Waals surface area (Å²) in [4.78, 5) is 7.03. The Kier molecular flexibility index (Phi) is 7.61. The SMILES string of the molecule is COc1ccc(CN2CCC(CN=C(N)NC3CC3)CC2)cc1.I. The summed E-state index contributed by atoms with van der Waals surface area (Å²) >= 11 is 0. The highest BCUT2D eigenvalue weighted by Crippen LogP contribution is 2.21. The standard InChI is InChI=1S/C18H28N4O.HI/c1-23-17-6-2-15(3-7-17)13-22-10-8-14(9-11-22)12-20-18(19)21-16-4-5-16;/h2-3,6-7,14,16H,4-5,8-13H2,1H3,(H3,19,20,21);1H. The number of benzene rings is 1. The molecule has 6 heteroatoms. The molecule has 1 saturated heterocycles. The van der Waals surface area contributed by atoms with E-state index < -0.39 is 0 Å². The molecule has 1 aromatic carbocycles. The molecular formula is C18H29IN4O. The van der Waals surface area contributed by atoms with Crippen molar-refractivity contribution in [2.45, 2.75) is 38.3 Å². The monoisotopic (exact) mass is 444 g/mol. The highest BCUT2D eigenvalue weighted by Gasteiger charge is 2.22. The van der Waals surface area contributed by atoms with Crippen LogP contribution in [0.5, 0.6) is 5.75 Å². The van der Waals surface area contributed by atoms with Crippen LogP contribution in [-0.4, -0.2) is 43.6 Å². The number of guanidine groups is 1. The normalized spacial score (nSPS) is 19.6. The second-order valence-corrected chi connectivity index (χ2v) is 6.71. The molecule has 3 rings (SSSR count). The Labute approximate surface area is 162 Å². The first-order valence-corrected chi connectivity index (χ1v) is 8.64. The van der Waals surface area contributed by atoms with Gasteiger partial charge in [-0.3, -0.25) is 9.89 Å². The highest BCUT2D eigenvalue weighted by atomic mass is 127. The molecule has 1 heterocycles. The minimum Gasteiger partial charge on any atom is -0.497 e. The van der Waals surface area contributed by atoms with Crippen molar-refractivity contribution < 1.29 is 4.74 Å². The van der Waals surface area contributed by atoms with Gasteiger partial charge in [0.25, 0.3) is 0 Å². The Hall–Kier alpha value is -1.02. The van der Waals surface area contributed by atoms with Crippen LogP contribution < -0.4 is 15.8 Å². The topological polar surface area (TPSA) is 62.9 Å². The van der Waals surface area contributed by atoms with Crippen LogP contribution in [0.4, 0.5) is 0 Å². The van der Waals surface area contributed by atoms with E-state index in [1.807, 2.05) is 12.1 Å². The number of hydrogen-bond donors (Lipinski definition) is 2. The Morgan fingerprint density at radius 2 is 1.88 bits per heavy atom. The molecule has 1 saturated carbocycles. The van der Waals surface area contributed by atoms with Gasteiger partial charge in [-0.15, -0.1) is 24.0 Å². The molecule has 134 valence electrons. The van der Waals surface area contributed by atoms with Gasteiger partial charge in [0.15, 0.2) is 5.96 Å². The first kappa shape index (κ1) is 19.3. The lowest BCUT2D eigenvalue weighted by Gasteiger charge is -2.31. The maximum atomic E-state index is 5.90. The number of hydrogen-bond acceptors (Lipinski definition) is 3. The fraction of sp³-hybridized carbons (Fsp3) is 0.611. The summed E-state index contributed by atoms with van der Waals surface area (Å²) in [5.74, 6) is 2.22. The van der Waals surface area contributed by atoms with E-state index in [4.69, 9.17) is 10.5 Å². The summed E-state index contributed by atoms with van der Waals surface area (Å²) in [6.45, 7) is 4.16. The van der Waals surface area contributed by atoms with E-state index in [0.717, 1.165) is 31.9 Å². The van der Waals surface area contributed by atoms with Gasteiger partial charge in [0.05, 0.1) is 7.11 Å². The summed E-state index contributed by atoms with van der Waals surface area (Å²) in [6, 6.07) is 8.96. The van der Waals surface area contributed by atoms with Crippen molar-refractivity contribution in [3.63, 3.8) is 0 Å². The second kappa shape index (κ2) is 9.46. The number of aliphatic imine (C=N–C) groups is 1. The quantitative estimate of drug-likeness (QED) is 0.402. The van der Waals surface area contributed by atoms with Crippen LogP contribution in [0.1, 0.15) is 31.2 Å². The molecule has 1 aliphatic heterocycles. The molecule has 0 aromatic heterocycles. The van der Waals surface area contributed by atoms with E-state index in [2.05, 4.69) is 27.3 Å². The largest absolute Gasteiger partial charge is 0.497 e. The average molecular weight is 444 g/mol. The number of halogens is 1. The van der Waals surface area contributed by atoms with Crippen molar-refractivity contribution in [1.29, 1.82) is 0 Å². The van der Waals surface area contributed by atoms with Gasteiger partial charge in [-0.25, -0.2) is 0 Å².